The summed E-state index contributed by atoms with van der Waals surface area (Å²) in [6.07, 6.45) is 2.64. The molecule has 0 aliphatic carbocycles. The number of hydrogen-bond acceptors (Lipinski definition) is 5. The van der Waals surface area contributed by atoms with E-state index in [1.807, 2.05) is 37.2 Å². The van der Waals surface area contributed by atoms with Gasteiger partial charge in [0.2, 0.25) is 5.82 Å². The van der Waals surface area contributed by atoms with Crippen molar-refractivity contribution >= 4 is 17.3 Å². The highest BCUT2D eigenvalue weighted by Gasteiger charge is 2.27. The van der Waals surface area contributed by atoms with Crippen molar-refractivity contribution in [3.05, 3.63) is 35.9 Å². The van der Waals surface area contributed by atoms with Crippen molar-refractivity contribution in [3.63, 3.8) is 0 Å². The average molecular weight is 387 g/mol. The van der Waals surface area contributed by atoms with Gasteiger partial charge in [-0.3, -0.25) is 14.0 Å². The number of likely N-dealkylation sites (N-methyl/N-ethyl adjacent to an activating group) is 1. The van der Waals surface area contributed by atoms with Gasteiger partial charge in [0.05, 0.1) is 5.52 Å². The lowest BCUT2D eigenvalue weighted by Gasteiger charge is -2.33. The Hall–Kier alpha value is -2.45. The molecule has 3 rings (SSSR count). The molecule has 0 atom stereocenters. The number of nitrogens with one attached hydrogen (secondary N) is 1. The molecule has 152 valence electrons. The second-order valence-corrected chi connectivity index (χ2v) is 7.38. The fourth-order valence-corrected chi connectivity index (χ4v) is 3.45. The minimum absolute atomic E-state index is 0.105. The summed E-state index contributed by atoms with van der Waals surface area (Å²) in [5.74, 6) is -0.100. The van der Waals surface area contributed by atoms with Crippen LogP contribution in [0.25, 0.3) is 5.52 Å². The first-order valence-electron chi connectivity index (χ1n) is 9.93. The van der Waals surface area contributed by atoms with Gasteiger partial charge in [0.1, 0.15) is 0 Å². The highest BCUT2D eigenvalue weighted by molar-refractivity contribution is 6.02. The Morgan fingerprint density at radius 2 is 1.93 bits per heavy atom. The Bertz CT molecular complexity index is 823. The summed E-state index contributed by atoms with van der Waals surface area (Å²) in [4.78, 5) is 36.4. The molecule has 0 spiro atoms. The Morgan fingerprint density at radius 1 is 1.18 bits per heavy atom. The topological polar surface area (TPSA) is 73.2 Å². The fraction of sp³-hybridized carbons (Fsp3) is 0.550. The van der Waals surface area contributed by atoms with Crippen LogP contribution in [0, 0.1) is 0 Å². The molecule has 0 saturated carbocycles. The van der Waals surface area contributed by atoms with Gasteiger partial charge < -0.3 is 20.0 Å². The monoisotopic (exact) mass is 386 g/mol. The SMILES string of the molecule is CCN1CCN(C(=O)c2nc(C(=O)NCCCN(C)C)n3ccccc23)CC1. The van der Waals surface area contributed by atoms with Gasteiger partial charge in [-0.2, -0.15) is 0 Å². The van der Waals surface area contributed by atoms with E-state index < -0.39 is 0 Å². The number of aromatic nitrogens is 2. The van der Waals surface area contributed by atoms with Crippen molar-refractivity contribution in [2.45, 2.75) is 13.3 Å². The van der Waals surface area contributed by atoms with Crippen LogP contribution in [-0.2, 0) is 0 Å². The molecule has 8 heteroatoms. The number of pyridine rings is 1. The van der Waals surface area contributed by atoms with E-state index in [0.29, 0.717) is 30.8 Å². The zero-order valence-corrected chi connectivity index (χ0v) is 17.0. The second-order valence-electron chi connectivity index (χ2n) is 7.38. The molecule has 0 unspecified atom stereocenters. The van der Waals surface area contributed by atoms with Crippen LogP contribution in [-0.4, -0.2) is 95.8 Å². The molecule has 1 fully saturated rings. The number of nitrogens with zero attached hydrogens (tertiary/aromatic N) is 5. The number of carbonyl (C=O) groups is 2. The summed E-state index contributed by atoms with van der Waals surface area (Å²) in [6.45, 7) is 7.70. The van der Waals surface area contributed by atoms with E-state index in [2.05, 4.69) is 27.0 Å². The van der Waals surface area contributed by atoms with E-state index in [4.69, 9.17) is 0 Å². The molecular weight excluding hydrogens is 356 g/mol. The number of fused-ring (bicyclic) bond motifs is 1. The Morgan fingerprint density at radius 3 is 2.61 bits per heavy atom. The van der Waals surface area contributed by atoms with Gasteiger partial charge in [0.15, 0.2) is 5.69 Å². The van der Waals surface area contributed by atoms with Gasteiger partial charge in [0, 0.05) is 38.9 Å². The van der Waals surface area contributed by atoms with Crippen LogP contribution in [0.3, 0.4) is 0 Å². The number of hydrogen-bond donors (Lipinski definition) is 1. The predicted molar refractivity (Wildman–Crippen MR) is 109 cm³/mol. The van der Waals surface area contributed by atoms with E-state index >= 15 is 0 Å². The lowest BCUT2D eigenvalue weighted by Crippen LogP contribution is -2.48. The molecular formula is C20H30N6O2. The molecule has 3 heterocycles. The molecule has 1 aliphatic rings. The van der Waals surface area contributed by atoms with E-state index in [-0.39, 0.29) is 17.6 Å². The molecule has 2 aromatic rings. The second kappa shape index (κ2) is 9.16. The summed E-state index contributed by atoms with van der Waals surface area (Å²) in [6, 6.07) is 5.54. The Kier molecular flexibility index (Phi) is 6.64. The number of carbonyl (C=O) groups excluding carboxylic acids is 2. The van der Waals surface area contributed by atoms with Gasteiger partial charge in [-0.25, -0.2) is 4.98 Å². The minimum atomic E-state index is -0.255. The van der Waals surface area contributed by atoms with Gasteiger partial charge in [-0.05, 0) is 45.7 Å². The van der Waals surface area contributed by atoms with Gasteiger partial charge in [-0.15, -0.1) is 0 Å². The summed E-state index contributed by atoms with van der Waals surface area (Å²) < 4.78 is 1.71. The van der Waals surface area contributed by atoms with Crippen molar-refractivity contribution in [2.75, 3.05) is 59.9 Å². The third kappa shape index (κ3) is 4.51. The standard InChI is InChI=1S/C20H30N6O2/c1-4-24-12-14-25(15-13-24)20(28)17-16-8-5-6-11-26(16)18(22-17)19(27)21-9-7-10-23(2)3/h5-6,8,11H,4,7,9-10,12-15H2,1-3H3,(H,21,27). The third-order valence-corrected chi connectivity index (χ3v) is 5.13. The number of rotatable bonds is 7. The maximum absolute atomic E-state index is 13.1. The molecule has 0 bridgehead atoms. The largest absolute Gasteiger partial charge is 0.349 e. The van der Waals surface area contributed by atoms with Crippen molar-refractivity contribution in [2.24, 2.45) is 0 Å². The predicted octanol–water partition coefficient (Wildman–Crippen LogP) is 0.794. The third-order valence-electron chi connectivity index (χ3n) is 5.13. The summed E-state index contributed by atoms with van der Waals surface area (Å²) >= 11 is 0. The van der Waals surface area contributed by atoms with E-state index in [9.17, 15) is 9.59 Å². The molecule has 0 aromatic carbocycles. The highest BCUT2D eigenvalue weighted by Crippen LogP contribution is 2.16. The van der Waals surface area contributed by atoms with Crippen molar-refractivity contribution in [1.29, 1.82) is 0 Å². The van der Waals surface area contributed by atoms with Crippen molar-refractivity contribution < 1.29 is 9.59 Å². The van der Waals surface area contributed by atoms with Crippen LogP contribution in [0.2, 0.25) is 0 Å². The van der Waals surface area contributed by atoms with E-state index in [0.717, 1.165) is 32.6 Å². The van der Waals surface area contributed by atoms with E-state index in [1.165, 1.54) is 0 Å². The Balaban J connectivity index is 1.77. The highest BCUT2D eigenvalue weighted by atomic mass is 16.2. The van der Waals surface area contributed by atoms with Crippen LogP contribution in [0.1, 0.15) is 34.5 Å². The maximum Gasteiger partial charge on any atom is 0.287 e. The quantitative estimate of drug-likeness (QED) is 0.713. The molecule has 2 amide bonds. The first-order valence-corrected chi connectivity index (χ1v) is 9.93. The van der Waals surface area contributed by atoms with Crippen molar-refractivity contribution in [1.82, 2.24) is 29.4 Å². The fourth-order valence-electron chi connectivity index (χ4n) is 3.45. The molecule has 2 aromatic heterocycles. The molecule has 1 saturated heterocycles. The zero-order chi connectivity index (χ0) is 20.1. The number of amides is 2. The zero-order valence-electron chi connectivity index (χ0n) is 17.0. The van der Waals surface area contributed by atoms with Gasteiger partial charge in [-0.1, -0.05) is 13.0 Å². The van der Waals surface area contributed by atoms with Crippen LogP contribution < -0.4 is 5.32 Å². The van der Waals surface area contributed by atoms with Gasteiger partial charge in [0.25, 0.3) is 11.8 Å². The van der Waals surface area contributed by atoms with Crippen LogP contribution >= 0.6 is 0 Å². The minimum Gasteiger partial charge on any atom is -0.349 e. The molecule has 28 heavy (non-hydrogen) atoms. The lowest BCUT2D eigenvalue weighted by molar-refractivity contribution is 0.0640. The average Bonchev–Trinajstić information content (AvgIpc) is 3.10. The molecule has 8 nitrogen and oxygen atoms in total. The normalized spacial score (nSPS) is 15.4. The van der Waals surface area contributed by atoms with Crippen LogP contribution in [0.4, 0.5) is 0 Å². The first kappa shape index (κ1) is 20.3. The summed E-state index contributed by atoms with van der Waals surface area (Å²) in [5.41, 5.74) is 1.02. The van der Waals surface area contributed by atoms with Crippen LogP contribution in [0.15, 0.2) is 24.4 Å². The number of imidazole rings is 1. The molecule has 1 aliphatic heterocycles. The number of piperazine rings is 1. The summed E-state index contributed by atoms with van der Waals surface area (Å²) in [7, 11) is 4.00. The molecule has 1 N–H and O–H groups in total. The first-order chi connectivity index (χ1) is 13.5. The van der Waals surface area contributed by atoms with Crippen LogP contribution in [0.5, 0.6) is 0 Å². The Labute approximate surface area is 166 Å². The van der Waals surface area contributed by atoms with Crippen molar-refractivity contribution in [3.8, 4) is 0 Å². The molecule has 0 radical (unpaired) electrons. The summed E-state index contributed by atoms with van der Waals surface area (Å²) in [5, 5.41) is 2.91. The van der Waals surface area contributed by atoms with E-state index in [1.54, 1.807) is 10.6 Å². The maximum atomic E-state index is 13.1. The van der Waals surface area contributed by atoms with Gasteiger partial charge >= 0.3 is 0 Å². The lowest BCUT2D eigenvalue weighted by atomic mass is 10.2. The smallest absolute Gasteiger partial charge is 0.287 e.